The molecule has 0 N–H and O–H groups in total. The number of carbonyl (C=O) groups excluding carboxylic acids is 1. The van der Waals surface area contributed by atoms with Crippen LogP contribution in [0.1, 0.15) is 24.3 Å². The van der Waals surface area contributed by atoms with Crippen LogP contribution in [0, 0.1) is 0 Å². The molecule has 2 atom stereocenters. The number of halogens is 1. The van der Waals surface area contributed by atoms with Gasteiger partial charge in [-0.3, -0.25) is 9.78 Å². The van der Waals surface area contributed by atoms with Gasteiger partial charge in [-0.1, -0.05) is 22.8 Å². The third-order valence-corrected chi connectivity index (χ3v) is 4.66. The number of aldehydes is 1. The highest BCUT2D eigenvalue weighted by Gasteiger charge is 2.29. The lowest BCUT2D eigenvalue weighted by Crippen LogP contribution is -2.46. The number of anilines is 1. The van der Waals surface area contributed by atoms with Crippen LogP contribution in [0.25, 0.3) is 22.5 Å². The van der Waals surface area contributed by atoms with Crippen molar-refractivity contribution in [2.75, 3.05) is 18.0 Å². The first-order valence-electron chi connectivity index (χ1n) is 8.34. The summed E-state index contributed by atoms with van der Waals surface area (Å²) in [6.07, 6.45) is 2.40. The van der Waals surface area contributed by atoms with Gasteiger partial charge in [-0.2, -0.15) is 0 Å². The molecule has 0 unspecified atom stereocenters. The molecule has 1 fully saturated rings. The topological polar surface area (TPSA) is 81.4 Å². The van der Waals surface area contributed by atoms with Crippen LogP contribution in [-0.2, 0) is 4.74 Å². The molecule has 4 heterocycles. The van der Waals surface area contributed by atoms with E-state index in [2.05, 4.69) is 15.1 Å². The van der Waals surface area contributed by atoms with Gasteiger partial charge in [-0.25, -0.2) is 4.98 Å². The zero-order valence-corrected chi connectivity index (χ0v) is 15.1. The Bertz CT molecular complexity index is 950. The van der Waals surface area contributed by atoms with E-state index in [1.54, 1.807) is 12.3 Å². The predicted molar refractivity (Wildman–Crippen MR) is 97.7 cm³/mol. The molecular weight excluding hydrogens is 356 g/mol. The van der Waals surface area contributed by atoms with Crippen molar-refractivity contribution in [2.45, 2.75) is 26.1 Å². The maximum Gasteiger partial charge on any atom is 0.206 e. The fraction of sp³-hybridized carbons (Fsp3) is 0.333. The molecule has 1 aliphatic heterocycles. The fourth-order valence-corrected chi connectivity index (χ4v) is 3.68. The Morgan fingerprint density at radius 2 is 2.04 bits per heavy atom. The van der Waals surface area contributed by atoms with Gasteiger partial charge < -0.3 is 14.2 Å². The second kappa shape index (κ2) is 6.66. The van der Waals surface area contributed by atoms with Crippen LogP contribution < -0.4 is 4.90 Å². The summed E-state index contributed by atoms with van der Waals surface area (Å²) in [4.78, 5) is 22.5. The number of hydrogen-bond donors (Lipinski definition) is 0. The van der Waals surface area contributed by atoms with Crippen LogP contribution in [0.3, 0.4) is 0 Å². The largest absolute Gasteiger partial charge is 0.372 e. The molecule has 0 bridgehead atoms. The second-order valence-electron chi connectivity index (χ2n) is 6.36. The third-order valence-electron chi connectivity index (χ3n) is 4.30. The number of aromatic nitrogens is 3. The minimum Gasteiger partial charge on any atom is -0.372 e. The summed E-state index contributed by atoms with van der Waals surface area (Å²) in [6.45, 7) is 5.19. The summed E-state index contributed by atoms with van der Waals surface area (Å²) >= 11 is 6.62. The van der Waals surface area contributed by atoms with Crippen LogP contribution in [0.5, 0.6) is 0 Å². The maximum absolute atomic E-state index is 11.8. The molecular formula is C18H17ClN4O3. The Kier molecular flexibility index (Phi) is 4.34. The SMILES string of the molecule is C[C@@H]1CN(c2c(C=O)nc3c(-c4ccccn4)noc3c2Cl)C[C@H](C)O1. The lowest BCUT2D eigenvalue weighted by atomic mass is 10.1. The predicted octanol–water partition coefficient (Wildman–Crippen LogP) is 3.36. The lowest BCUT2D eigenvalue weighted by molar-refractivity contribution is -0.00526. The van der Waals surface area contributed by atoms with Crippen molar-refractivity contribution in [3.63, 3.8) is 0 Å². The highest BCUT2D eigenvalue weighted by atomic mass is 35.5. The normalized spacial score (nSPS) is 20.5. The number of fused-ring (bicyclic) bond motifs is 1. The molecule has 0 spiro atoms. The van der Waals surface area contributed by atoms with Gasteiger partial charge in [0, 0.05) is 19.3 Å². The first kappa shape index (κ1) is 16.9. The van der Waals surface area contributed by atoms with E-state index < -0.39 is 0 Å². The van der Waals surface area contributed by atoms with Crippen LogP contribution >= 0.6 is 11.6 Å². The average Bonchev–Trinajstić information content (AvgIpc) is 3.05. The highest BCUT2D eigenvalue weighted by Crippen LogP contribution is 2.38. The summed E-state index contributed by atoms with van der Waals surface area (Å²) in [5.41, 5.74) is 2.64. The summed E-state index contributed by atoms with van der Waals surface area (Å²) in [5.74, 6) is 0. The van der Waals surface area contributed by atoms with Gasteiger partial charge in [-0.05, 0) is 26.0 Å². The van der Waals surface area contributed by atoms with E-state index in [0.29, 0.717) is 52.6 Å². The third kappa shape index (κ3) is 2.83. The van der Waals surface area contributed by atoms with Crippen molar-refractivity contribution in [3.05, 3.63) is 35.1 Å². The van der Waals surface area contributed by atoms with Crippen LogP contribution in [0.4, 0.5) is 5.69 Å². The van der Waals surface area contributed by atoms with Crippen molar-refractivity contribution in [1.82, 2.24) is 15.1 Å². The van der Waals surface area contributed by atoms with Crippen molar-refractivity contribution in [2.24, 2.45) is 0 Å². The van der Waals surface area contributed by atoms with E-state index in [1.807, 2.05) is 30.9 Å². The van der Waals surface area contributed by atoms with E-state index in [-0.39, 0.29) is 17.9 Å². The number of nitrogens with zero attached hydrogens (tertiary/aromatic N) is 4. The quantitative estimate of drug-likeness (QED) is 0.652. The summed E-state index contributed by atoms with van der Waals surface area (Å²) in [6, 6.07) is 5.45. The monoisotopic (exact) mass is 372 g/mol. The second-order valence-corrected chi connectivity index (χ2v) is 6.74. The minimum absolute atomic E-state index is 0.0174. The van der Waals surface area contributed by atoms with Crippen molar-refractivity contribution in [1.29, 1.82) is 0 Å². The Hall–Kier alpha value is -2.51. The van der Waals surface area contributed by atoms with Gasteiger partial charge >= 0.3 is 0 Å². The van der Waals surface area contributed by atoms with Gasteiger partial charge in [0.15, 0.2) is 12.0 Å². The van der Waals surface area contributed by atoms with Crippen LogP contribution in [0.15, 0.2) is 28.9 Å². The molecule has 0 aromatic carbocycles. The molecule has 0 aliphatic carbocycles. The van der Waals surface area contributed by atoms with Gasteiger partial charge in [0.25, 0.3) is 0 Å². The number of hydrogen-bond acceptors (Lipinski definition) is 7. The highest BCUT2D eigenvalue weighted by molar-refractivity contribution is 6.38. The first-order valence-corrected chi connectivity index (χ1v) is 8.72. The number of carbonyl (C=O) groups is 1. The van der Waals surface area contributed by atoms with Crippen LogP contribution in [-0.4, -0.2) is 46.7 Å². The zero-order valence-electron chi connectivity index (χ0n) is 14.3. The molecule has 7 nitrogen and oxygen atoms in total. The molecule has 8 heteroatoms. The molecule has 0 amide bonds. The molecule has 0 radical (unpaired) electrons. The molecule has 26 heavy (non-hydrogen) atoms. The molecule has 0 saturated carbocycles. The number of pyridine rings is 2. The standard InChI is InChI=1S/C18H17ClN4O3/c1-10-7-23(8-11(2)25-10)17-13(9-24)21-16-15(12-5-3-4-6-20-12)22-26-18(16)14(17)19/h3-6,9-11H,7-8H2,1-2H3/t10-,11+. The summed E-state index contributed by atoms with van der Waals surface area (Å²) < 4.78 is 11.2. The van der Waals surface area contributed by atoms with E-state index in [1.165, 1.54) is 0 Å². The number of morpholine rings is 1. The van der Waals surface area contributed by atoms with Crippen molar-refractivity contribution >= 4 is 34.7 Å². The van der Waals surface area contributed by atoms with E-state index in [0.717, 1.165) is 0 Å². The van der Waals surface area contributed by atoms with E-state index in [4.69, 9.17) is 20.9 Å². The van der Waals surface area contributed by atoms with Gasteiger partial charge in [0.1, 0.15) is 16.2 Å². The molecule has 3 aromatic rings. The summed E-state index contributed by atoms with van der Waals surface area (Å²) in [5, 5.41) is 4.40. The van der Waals surface area contributed by atoms with Gasteiger partial charge in [0.05, 0.1) is 23.6 Å². The Morgan fingerprint density at radius 1 is 1.27 bits per heavy atom. The smallest absolute Gasteiger partial charge is 0.206 e. The molecule has 134 valence electrons. The minimum atomic E-state index is 0.0174. The first-order chi connectivity index (χ1) is 12.6. The van der Waals surface area contributed by atoms with Crippen LogP contribution in [0.2, 0.25) is 5.02 Å². The maximum atomic E-state index is 11.8. The number of ether oxygens (including phenoxy) is 1. The van der Waals surface area contributed by atoms with Crippen molar-refractivity contribution < 1.29 is 14.1 Å². The molecule has 1 aliphatic rings. The zero-order chi connectivity index (χ0) is 18.3. The Labute approximate surface area is 154 Å². The molecule has 3 aromatic heterocycles. The lowest BCUT2D eigenvalue weighted by Gasteiger charge is -2.37. The van der Waals surface area contributed by atoms with Gasteiger partial charge in [-0.15, -0.1) is 0 Å². The Balaban J connectivity index is 1.88. The molecule has 4 rings (SSSR count). The van der Waals surface area contributed by atoms with Gasteiger partial charge in [0.2, 0.25) is 5.58 Å². The number of rotatable bonds is 3. The fourth-order valence-electron chi connectivity index (χ4n) is 3.34. The van der Waals surface area contributed by atoms with Crippen molar-refractivity contribution in [3.8, 4) is 11.4 Å². The Morgan fingerprint density at radius 3 is 2.69 bits per heavy atom. The summed E-state index contributed by atoms with van der Waals surface area (Å²) in [7, 11) is 0. The van der Waals surface area contributed by atoms with E-state index >= 15 is 0 Å². The van der Waals surface area contributed by atoms with E-state index in [9.17, 15) is 4.79 Å². The molecule has 1 saturated heterocycles. The average molecular weight is 373 g/mol.